The van der Waals surface area contributed by atoms with Crippen LogP contribution in [0.25, 0.3) is 0 Å². The topological polar surface area (TPSA) is 144 Å². The molecule has 258 valence electrons. The number of nitrogens with one attached hydrogen (secondary N) is 1. The van der Waals surface area contributed by atoms with Crippen LogP contribution in [0.2, 0.25) is 0 Å². The van der Waals surface area contributed by atoms with Crippen molar-refractivity contribution in [2.75, 3.05) is 59.1 Å². The maximum absolute atomic E-state index is 6.99. The van der Waals surface area contributed by atoms with Gasteiger partial charge in [-0.25, -0.2) is 0 Å². The van der Waals surface area contributed by atoms with Crippen LogP contribution in [-0.4, -0.2) is 77.4 Å². The first-order chi connectivity index (χ1) is 21.3. The Morgan fingerprint density at radius 1 is 0.727 bits per heavy atom. The first-order valence-electron chi connectivity index (χ1n) is 18.7. The highest BCUT2D eigenvalue weighted by Gasteiger charge is 2.66. The molecule has 0 saturated heterocycles. The van der Waals surface area contributed by atoms with Gasteiger partial charge in [0.15, 0.2) is 0 Å². The third-order valence-electron chi connectivity index (χ3n) is 13.1. The fourth-order valence-corrected chi connectivity index (χ4v) is 10.7. The summed E-state index contributed by atoms with van der Waals surface area (Å²) in [4.78, 5) is 0. The third kappa shape index (κ3) is 8.21. The molecule has 4 rings (SSSR count). The van der Waals surface area contributed by atoms with Gasteiger partial charge in [-0.2, -0.15) is 0 Å². The number of nitrogens with two attached hydrogens (primary N) is 4. The molecule has 0 aromatic heterocycles. The molecule has 9 N–H and O–H groups in total. The smallest absolute Gasteiger partial charge is 0.0637 e. The molecule has 4 fully saturated rings. The van der Waals surface area contributed by atoms with Crippen molar-refractivity contribution in [2.24, 2.45) is 69.3 Å². The van der Waals surface area contributed by atoms with E-state index in [0.717, 1.165) is 78.0 Å². The molecule has 11 atom stereocenters. The van der Waals surface area contributed by atoms with Crippen LogP contribution in [0.5, 0.6) is 0 Å². The lowest BCUT2D eigenvalue weighted by atomic mass is 9.43. The molecule has 8 nitrogen and oxygen atoms in total. The highest BCUT2D eigenvalue weighted by molar-refractivity contribution is 5.15. The van der Waals surface area contributed by atoms with Crippen LogP contribution in [0.4, 0.5) is 0 Å². The fourth-order valence-electron chi connectivity index (χ4n) is 10.7. The van der Waals surface area contributed by atoms with Crippen LogP contribution in [0.15, 0.2) is 0 Å². The molecule has 4 saturated carbocycles. The van der Waals surface area contributed by atoms with Crippen molar-refractivity contribution in [2.45, 2.75) is 123 Å². The lowest BCUT2D eigenvalue weighted by Gasteiger charge is -2.65. The summed E-state index contributed by atoms with van der Waals surface area (Å²) in [6.45, 7) is 15.1. The molecule has 8 heteroatoms. The predicted octanol–water partition coefficient (Wildman–Crippen LogP) is 4.42. The van der Waals surface area contributed by atoms with E-state index in [-0.39, 0.29) is 11.5 Å². The summed E-state index contributed by atoms with van der Waals surface area (Å²) in [6, 6.07) is 0. The SMILES string of the molecule is C[C@H](CCCNCCCN)C1CCC2C3C(C[C@H](OCCCN)C21C)[C@@]1(C)CC[C@@H](OCCCN)CC1C[C@H]3OCCCN. The van der Waals surface area contributed by atoms with Crippen molar-refractivity contribution in [3.8, 4) is 0 Å². The van der Waals surface area contributed by atoms with Gasteiger partial charge in [-0.15, -0.1) is 0 Å². The van der Waals surface area contributed by atoms with Gasteiger partial charge in [0.2, 0.25) is 0 Å². The lowest BCUT2D eigenvalue weighted by Crippen LogP contribution is -2.63. The van der Waals surface area contributed by atoms with E-state index >= 15 is 0 Å². The van der Waals surface area contributed by atoms with Crippen molar-refractivity contribution in [1.82, 2.24) is 5.32 Å². The van der Waals surface area contributed by atoms with Gasteiger partial charge in [0.1, 0.15) is 0 Å². The molecule has 0 radical (unpaired) electrons. The second-order valence-corrected chi connectivity index (χ2v) is 15.5. The zero-order chi connectivity index (χ0) is 31.6. The second-order valence-electron chi connectivity index (χ2n) is 15.5. The van der Waals surface area contributed by atoms with Crippen LogP contribution in [0.3, 0.4) is 0 Å². The minimum Gasteiger partial charge on any atom is -0.378 e. The normalized spacial score (nSPS) is 39.1. The van der Waals surface area contributed by atoms with Crippen LogP contribution in [0.1, 0.15) is 104 Å². The molecule has 0 aromatic carbocycles. The molecule has 0 aromatic rings. The molecule has 6 unspecified atom stereocenters. The Morgan fingerprint density at radius 2 is 1.39 bits per heavy atom. The zero-order valence-electron chi connectivity index (χ0n) is 28.8. The Labute approximate surface area is 270 Å². The minimum absolute atomic E-state index is 0.170. The van der Waals surface area contributed by atoms with E-state index in [9.17, 15) is 0 Å². The number of hydrogen-bond donors (Lipinski definition) is 5. The van der Waals surface area contributed by atoms with Crippen LogP contribution >= 0.6 is 0 Å². The zero-order valence-corrected chi connectivity index (χ0v) is 28.8. The molecule has 0 bridgehead atoms. The second kappa shape index (κ2) is 17.7. The third-order valence-corrected chi connectivity index (χ3v) is 13.1. The van der Waals surface area contributed by atoms with Crippen LogP contribution in [0, 0.1) is 46.3 Å². The summed E-state index contributed by atoms with van der Waals surface area (Å²) in [6.07, 6.45) is 15.8. The summed E-state index contributed by atoms with van der Waals surface area (Å²) in [7, 11) is 0. The van der Waals surface area contributed by atoms with Gasteiger partial charge in [0.25, 0.3) is 0 Å². The number of rotatable bonds is 20. The van der Waals surface area contributed by atoms with E-state index in [0.29, 0.717) is 72.8 Å². The average Bonchev–Trinajstić information content (AvgIpc) is 3.38. The van der Waals surface area contributed by atoms with E-state index in [1.807, 2.05) is 0 Å². The molecule has 0 heterocycles. The van der Waals surface area contributed by atoms with Gasteiger partial charge < -0.3 is 42.5 Å². The average molecular weight is 622 g/mol. The Kier molecular flexibility index (Phi) is 14.7. The monoisotopic (exact) mass is 622 g/mol. The quantitative estimate of drug-likeness (QED) is 0.126. The molecule has 44 heavy (non-hydrogen) atoms. The van der Waals surface area contributed by atoms with E-state index in [2.05, 4.69) is 26.1 Å². The van der Waals surface area contributed by atoms with Crippen molar-refractivity contribution in [1.29, 1.82) is 0 Å². The summed E-state index contributed by atoms with van der Waals surface area (Å²) >= 11 is 0. The molecular formula is C36H71N5O3. The molecule has 4 aliphatic carbocycles. The predicted molar refractivity (Wildman–Crippen MR) is 181 cm³/mol. The largest absolute Gasteiger partial charge is 0.378 e. The van der Waals surface area contributed by atoms with Gasteiger partial charge in [-0.3, -0.25) is 0 Å². The van der Waals surface area contributed by atoms with E-state index in [1.54, 1.807) is 0 Å². The van der Waals surface area contributed by atoms with Crippen LogP contribution < -0.4 is 28.3 Å². The summed E-state index contributed by atoms with van der Waals surface area (Å²) in [5.74, 6) is 3.85. The molecule has 0 spiro atoms. The summed E-state index contributed by atoms with van der Waals surface area (Å²) in [5, 5.41) is 3.60. The maximum Gasteiger partial charge on any atom is 0.0637 e. The van der Waals surface area contributed by atoms with E-state index in [4.69, 9.17) is 37.1 Å². The summed E-state index contributed by atoms with van der Waals surface area (Å²) < 4.78 is 20.3. The minimum atomic E-state index is 0.170. The maximum atomic E-state index is 6.99. The van der Waals surface area contributed by atoms with E-state index < -0.39 is 0 Å². The van der Waals surface area contributed by atoms with Crippen molar-refractivity contribution < 1.29 is 14.2 Å². The summed E-state index contributed by atoms with van der Waals surface area (Å²) in [5.41, 5.74) is 23.9. The Bertz CT molecular complexity index is 821. The number of ether oxygens (including phenoxy) is 3. The van der Waals surface area contributed by atoms with Gasteiger partial charge in [0.05, 0.1) is 18.3 Å². The molecule has 0 aliphatic heterocycles. The van der Waals surface area contributed by atoms with Crippen molar-refractivity contribution >= 4 is 0 Å². The van der Waals surface area contributed by atoms with Crippen molar-refractivity contribution in [3.05, 3.63) is 0 Å². The van der Waals surface area contributed by atoms with Gasteiger partial charge in [-0.1, -0.05) is 20.8 Å². The Morgan fingerprint density at radius 3 is 2.09 bits per heavy atom. The van der Waals surface area contributed by atoms with Gasteiger partial charge in [-0.05, 0) is 164 Å². The van der Waals surface area contributed by atoms with Gasteiger partial charge >= 0.3 is 0 Å². The molecule has 0 amide bonds. The Balaban J connectivity index is 1.57. The highest BCUT2D eigenvalue weighted by Crippen LogP contribution is 2.69. The fraction of sp³-hybridized carbons (Fsp3) is 1.00. The Hall–Kier alpha value is -0.320. The lowest BCUT2D eigenvalue weighted by molar-refractivity contribution is -0.227. The van der Waals surface area contributed by atoms with E-state index in [1.165, 1.54) is 44.9 Å². The molecular weight excluding hydrogens is 550 g/mol. The van der Waals surface area contributed by atoms with Crippen molar-refractivity contribution in [3.63, 3.8) is 0 Å². The first kappa shape index (κ1) is 36.5. The number of hydrogen-bond acceptors (Lipinski definition) is 8. The first-order valence-corrected chi connectivity index (χ1v) is 18.7. The number of fused-ring (bicyclic) bond motifs is 5. The van der Waals surface area contributed by atoms with Gasteiger partial charge in [0, 0.05) is 25.2 Å². The molecule has 4 aliphatic rings. The standard InChI is InChI=1S/C36H71N5O3/c1-26(9-4-18-41-19-5-14-37)29-10-11-30-34-31(25-33(36(29,30)3)44-22-8-17-40)35(2)13-12-28(42-20-6-15-38)23-27(35)24-32(34)43-21-7-16-39/h26-34,41H,4-25,37-40H2,1-3H3/t26-,27?,28-,29?,30?,31?,32-,33+,34?,35+,36?/m1/s1. The van der Waals surface area contributed by atoms with Crippen LogP contribution in [-0.2, 0) is 14.2 Å². The highest BCUT2D eigenvalue weighted by atomic mass is 16.5.